The number of hydrogen-bond acceptors (Lipinski definition) is 7. The molecule has 0 saturated heterocycles. The number of thiazole rings is 1. The van der Waals surface area contributed by atoms with Crippen molar-refractivity contribution in [3.05, 3.63) is 48.0 Å². The van der Waals surface area contributed by atoms with E-state index in [0.717, 1.165) is 18.9 Å². The molecule has 0 radical (unpaired) electrons. The monoisotopic (exact) mass is 449 g/mol. The smallest absolute Gasteiger partial charge is 0.243 e. The average Bonchev–Trinajstić information content (AvgIpc) is 3.10. The first kappa shape index (κ1) is 21.4. The lowest BCUT2D eigenvalue weighted by molar-refractivity contribution is -0.116. The Morgan fingerprint density at radius 1 is 1.17 bits per heavy atom. The van der Waals surface area contributed by atoms with Crippen molar-refractivity contribution >= 4 is 60.7 Å². The normalized spacial score (nSPS) is 11.7. The summed E-state index contributed by atoms with van der Waals surface area (Å²) in [7, 11) is -2.51. The van der Waals surface area contributed by atoms with Gasteiger partial charge in [-0.2, -0.15) is 4.31 Å². The highest BCUT2D eigenvalue weighted by Gasteiger charge is 2.23. The summed E-state index contributed by atoms with van der Waals surface area (Å²) < 4.78 is 28.2. The molecular formula is C19H19N3O4S3. The Balaban J connectivity index is 1.69. The molecule has 1 aromatic heterocycles. The van der Waals surface area contributed by atoms with E-state index in [1.165, 1.54) is 49.6 Å². The van der Waals surface area contributed by atoms with Crippen LogP contribution in [0, 0.1) is 0 Å². The van der Waals surface area contributed by atoms with E-state index in [1.54, 1.807) is 17.8 Å². The number of anilines is 1. The first-order chi connectivity index (χ1) is 13.7. The lowest BCUT2D eigenvalue weighted by Crippen LogP contribution is -2.35. The summed E-state index contributed by atoms with van der Waals surface area (Å²) in [5.74, 6) is -0.602. The summed E-state index contributed by atoms with van der Waals surface area (Å²) in [6, 6.07) is 11.0. The maximum atomic E-state index is 12.7. The number of amides is 1. The van der Waals surface area contributed by atoms with Gasteiger partial charge in [-0.25, -0.2) is 13.4 Å². The zero-order valence-corrected chi connectivity index (χ0v) is 18.5. The van der Waals surface area contributed by atoms with Gasteiger partial charge in [0.1, 0.15) is 0 Å². The number of aromatic nitrogens is 1. The third-order valence-electron chi connectivity index (χ3n) is 4.16. The molecule has 3 rings (SSSR count). The summed E-state index contributed by atoms with van der Waals surface area (Å²) >= 11 is 3.08. The molecule has 1 amide bonds. The summed E-state index contributed by atoms with van der Waals surface area (Å²) in [5, 5.41) is 2.72. The van der Waals surface area contributed by atoms with Crippen molar-refractivity contribution < 1.29 is 18.0 Å². The van der Waals surface area contributed by atoms with Crippen LogP contribution in [-0.4, -0.2) is 49.2 Å². The maximum Gasteiger partial charge on any atom is 0.243 e. The fourth-order valence-corrected chi connectivity index (χ4v) is 5.25. The number of thioether (sulfide) groups is 1. The lowest BCUT2D eigenvalue weighted by Gasteiger charge is -2.17. The Labute approximate surface area is 177 Å². The second kappa shape index (κ2) is 8.62. The molecular weight excluding hydrogens is 430 g/mol. The van der Waals surface area contributed by atoms with Crippen LogP contribution in [0.2, 0.25) is 0 Å². The quantitative estimate of drug-likeness (QED) is 0.438. The summed E-state index contributed by atoms with van der Waals surface area (Å²) in [6.45, 7) is 1.07. The van der Waals surface area contributed by atoms with Crippen LogP contribution in [0.25, 0.3) is 10.2 Å². The van der Waals surface area contributed by atoms with E-state index in [-0.39, 0.29) is 17.2 Å². The van der Waals surface area contributed by atoms with Gasteiger partial charge in [-0.1, -0.05) is 23.9 Å². The topological polar surface area (TPSA) is 96.4 Å². The number of Topliss-reactive ketones (excluding diaryl/α,β-unsaturated/α-hetero) is 1. The minimum atomic E-state index is -3.85. The number of hydrogen-bond donors (Lipinski definition) is 1. The fourth-order valence-electron chi connectivity index (χ4n) is 2.60. The first-order valence-corrected chi connectivity index (χ1v) is 12.0. The molecule has 0 saturated carbocycles. The van der Waals surface area contributed by atoms with Crippen molar-refractivity contribution in [2.75, 3.05) is 25.2 Å². The van der Waals surface area contributed by atoms with E-state index in [9.17, 15) is 18.0 Å². The number of fused-ring (bicyclic) bond motifs is 1. The highest BCUT2D eigenvalue weighted by Crippen LogP contribution is 2.30. The van der Waals surface area contributed by atoms with E-state index >= 15 is 0 Å². The molecule has 2 aromatic carbocycles. The van der Waals surface area contributed by atoms with E-state index in [2.05, 4.69) is 10.3 Å². The van der Waals surface area contributed by atoms with E-state index < -0.39 is 15.9 Å². The van der Waals surface area contributed by atoms with Crippen LogP contribution in [0.15, 0.2) is 51.7 Å². The minimum absolute atomic E-state index is 0.0217. The Hall–Kier alpha value is -2.27. The molecule has 0 fully saturated rings. The molecule has 0 bridgehead atoms. The minimum Gasteiger partial charge on any atom is -0.325 e. The van der Waals surface area contributed by atoms with Crippen molar-refractivity contribution in [1.82, 2.24) is 9.29 Å². The van der Waals surface area contributed by atoms with Crippen LogP contribution in [-0.2, 0) is 14.8 Å². The van der Waals surface area contributed by atoms with Crippen LogP contribution in [0.3, 0.4) is 0 Å². The molecule has 29 heavy (non-hydrogen) atoms. The number of carbonyl (C=O) groups is 2. The van der Waals surface area contributed by atoms with Gasteiger partial charge in [0.25, 0.3) is 0 Å². The van der Waals surface area contributed by atoms with E-state index in [1.807, 2.05) is 18.4 Å². The zero-order valence-electron chi connectivity index (χ0n) is 16.0. The first-order valence-electron chi connectivity index (χ1n) is 8.52. The van der Waals surface area contributed by atoms with Crippen molar-refractivity contribution in [2.24, 2.45) is 0 Å². The summed E-state index contributed by atoms with van der Waals surface area (Å²) in [6.07, 6.45) is 1.95. The highest BCUT2D eigenvalue weighted by atomic mass is 32.2. The van der Waals surface area contributed by atoms with Crippen molar-refractivity contribution in [3.8, 4) is 0 Å². The second-order valence-corrected chi connectivity index (χ2v) is 10.4. The van der Waals surface area contributed by atoms with Crippen LogP contribution in [0.1, 0.15) is 17.3 Å². The molecule has 3 aromatic rings. The number of rotatable bonds is 7. The van der Waals surface area contributed by atoms with Gasteiger partial charge in [-0.15, -0.1) is 11.3 Å². The Kier molecular flexibility index (Phi) is 6.37. The number of nitrogens with zero attached hydrogens (tertiary/aromatic N) is 2. The standard InChI is InChI=1S/C19H19N3O4S3/c1-12(23)13-4-7-15(8-5-13)29(25,26)22(2)11-18(24)20-14-6-9-16-17(10-14)28-19(21-16)27-3/h4-10H,11H2,1-3H3,(H,20,24). The molecule has 1 N–H and O–H groups in total. The second-order valence-electron chi connectivity index (χ2n) is 6.26. The predicted molar refractivity (Wildman–Crippen MR) is 116 cm³/mol. The molecule has 0 unspecified atom stereocenters. The van der Waals surface area contributed by atoms with Gasteiger partial charge in [-0.05, 0) is 43.5 Å². The van der Waals surface area contributed by atoms with Crippen LogP contribution in [0.5, 0.6) is 0 Å². The third-order valence-corrected chi connectivity index (χ3v) is 7.98. The number of likely N-dealkylation sites (N-methyl/N-ethyl adjacent to an activating group) is 1. The van der Waals surface area contributed by atoms with E-state index in [0.29, 0.717) is 11.3 Å². The molecule has 7 nitrogen and oxygen atoms in total. The maximum absolute atomic E-state index is 12.7. The van der Waals surface area contributed by atoms with Crippen molar-refractivity contribution in [3.63, 3.8) is 0 Å². The summed E-state index contributed by atoms with van der Waals surface area (Å²) in [4.78, 5) is 28.2. The van der Waals surface area contributed by atoms with Gasteiger partial charge in [0.05, 0.1) is 21.7 Å². The van der Waals surface area contributed by atoms with Gasteiger partial charge < -0.3 is 5.32 Å². The van der Waals surface area contributed by atoms with Crippen LogP contribution in [0.4, 0.5) is 5.69 Å². The number of nitrogens with one attached hydrogen (secondary N) is 1. The van der Waals surface area contributed by atoms with Gasteiger partial charge in [-0.3, -0.25) is 9.59 Å². The van der Waals surface area contributed by atoms with Crippen molar-refractivity contribution in [1.29, 1.82) is 0 Å². The number of benzene rings is 2. The lowest BCUT2D eigenvalue weighted by atomic mass is 10.2. The van der Waals surface area contributed by atoms with Crippen LogP contribution >= 0.6 is 23.1 Å². The zero-order chi connectivity index (χ0) is 21.2. The summed E-state index contributed by atoms with van der Waals surface area (Å²) in [5.41, 5.74) is 1.86. The number of carbonyl (C=O) groups excluding carboxylic acids is 2. The molecule has 0 spiro atoms. The molecule has 0 atom stereocenters. The third kappa shape index (κ3) is 4.84. The van der Waals surface area contributed by atoms with Crippen molar-refractivity contribution in [2.45, 2.75) is 16.2 Å². The largest absolute Gasteiger partial charge is 0.325 e. The fraction of sp³-hybridized carbons (Fsp3) is 0.211. The molecule has 0 aliphatic rings. The highest BCUT2D eigenvalue weighted by molar-refractivity contribution is 8.00. The number of ketones is 1. The number of sulfonamides is 1. The van der Waals surface area contributed by atoms with Gasteiger partial charge in [0, 0.05) is 18.3 Å². The van der Waals surface area contributed by atoms with E-state index in [4.69, 9.17) is 0 Å². The average molecular weight is 450 g/mol. The van der Waals surface area contributed by atoms with Crippen LogP contribution < -0.4 is 5.32 Å². The molecule has 0 aliphatic carbocycles. The predicted octanol–water partition coefficient (Wildman–Crippen LogP) is 3.48. The Bertz CT molecular complexity index is 1170. The molecule has 0 aliphatic heterocycles. The Morgan fingerprint density at radius 3 is 2.48 bits per heavy atom. The molecule has 10 heteroatoms. The Morgan fingerprint density at radius 2 is 1.86 bits per heavy atom. The SMILES string of the molecule is CSc1nc2ccc(NC(=O)CN(C)S(=O)(=O)c3ccc(C(C)=O)cc3)cc2s1. The van der Waals surface area contributed by atoms with Gasteiger partial charge in [0.2, 0.25) is 15.9 Å². The van der Waals surface area contributed by atoms with Gasteiger partial charge >= 0.3 is 0 Å². The molecule has 152 valence electrons. The molecule has 1 heterocycles. The van der Waals surface area contributed by atoms with Gasteiger partial charge in [0.15, 0.2) is 10.1 Å².